The second-order valence-corrected chi connectivity index (χ2v) is 4.47. The maximum atomic E-state index is 12.3. The zero-order valence-electron chi connectivity index (χ0n) is 10.9. The van der Waals surface area contributed by atoms with E-state index in [0.29, 0.717) is 12.0 Å². The molecule has 3 nitrogen and oxygen atoms in total. The van der Waals surface area contributed by atoms with Crippen LogP contribution in [0.1, 0.15) is 30.1 Å². The van der Waals surface area contributed by atoms with Gasteiger partial charge in [-0.2, -0.15) is 5.26 Å². The lowest BCUT2D eigenvalue weighted by Crippen LogP contribution is -2.34. The number of fused-ring (bicyclic) bond motifs is 1. The van der Waals surface area contributed by atoms with Crippen molar-refractivity contribution in [3.8, 4) is 6.07 Å². The summed E-state index contributed by atoms with van der Waals surface area (Å²) in [6.07, 6.45) is 1.09. The number of carbonyl (C=O) groups excluding carboxylic acids is 1. The van der Waals surface area contributed by atoms with Gasteiger partial charge in [-0.05, 0) is 23.3 Å². The molecule has 1 amide bonds. The average molecular weight is 252 g/mol. The minimum atomic E-state index is -0.112. The highest BCUT2D eigenvalue weighted by Gasteiger charge is 2.13. The van der Waals surface area contributed by atoms with Crippen molar-refractivity contribution >= 4 is 16.7 Å². The third-order valence-corrected chi connectivity index (χ3v) is 3.20. The second kappa shape index (κ2) is 6.01. The summed E-state index contributed by atoms with van der Waals surface area (Å²) in [6, 6.07) is 15.5. The molecule has 96 valence electrons. The van der Waals surface area contributed by atoms with E-state index in [1.54, 1.807) is 0 Å². The predicted octanol–water partition coefficient (Wildman–Crippen LogP) is 3.26. The Kier molecular flexibility index (Phi) is 4.15. The number of rotatable bonds is 4. The van der Waals surface area contributed by atoms with Crippen LogP contribution in [0.25, 0.3) is 10.8 Å². The van der Waals surface area contributed by atoms with Crippen LogP contribution in [0.2, 0.25) is 0 Å². The minimum Gasteiger partial charge on any atom is -0.348 e. The van der Waals surface area contributed by atoms with Crippen LogP contribution < -0.4 is 5.32 Å². The molecule has 19 heavy (non-hydrogen) atoms. The quantitative estimate of drug-likeness (QED) is 0.908. The van der Waals surface area contributed by atoms with Crippen molar-refractivity contribution in [2.45, 2.75) is 25.8 Å². The van der Waals surface area contributed by atoms with Gasteiger partial charge < -0.3 is 5.32 Å². The summed E-state index contributed by atoms with van der Waals surface area (Å²) in [7, 11) is 0. The van der Waals surface area contributed by atoms with Gasteiger partial charge in [-0.25, -0.2) is 0 Å². The predicted molar refractivity (Wildman–Crippen MR) is 75.7 cm³/mol. The van der Waals surface area contributed by atoms with E-state index >= 15 is 0 Å². The molecule has 1 N–H and O–H groups in total. The summed E-state index contributed by atoms with van der Waals surface area (Å²) < 4.78 is 0. The second-order valence-electron chi connectivity index (χ2n) is 4.47. The zero-order valence-corrected chi connectivity index (χ0v) is 10.9. The van der Waals surface area contributed by atoms with E-state index < -0.39 is 0 Å². The lowest BCUT2D eigenvalue weighted by molar-refractivity contribution is 0.0938. The first-order chi connectivity index (χ1) is 9.26. The molecule has 0 aliphatic carbocycles. The molecular weight excluding hydrogens is 236 g/mol. The summed E-state index contributed by atoms with van der Waals surface area (Å²) in [5, 5.41) is 13.6. The molecule has 1 unspecified atom stereocenters. The van der Waals surface area contributed by atoms with Gasteiger partial charge in [0.2, 0.25) is 0 Å². The fraction of sp³-hybridized carbons (Fsp3) is 0.250. The number of carbonyl (C=O) groups is 1. The number of hydrogen-bond donors (Lipinski definition) is 1. The van der Waals surface area contributed by atoms with Crippen molar-refractivity contribution in [2.24, 2.45) is 0 Å². The Morgan fingerprint density at radius 2 is 2.00 bits per heavy atom. The van der Waals surface area contributed by atoms with Gasteiger partial charge in [0.05, 0.1) is 12.5 Å². The lowest BCUT2D eigenvalue weighted by atomic mass is 10.0. The van der Waals surface area contributed by atoms with Gasteiger partial charge in [0.15, 0.2) is 0 Å². The normalized spacial score (nSPS) is 11.8. The van der Waals surface area contributed by atoms with Crippen LogP contribution in [0.15, 0.2) is 42.5 Å². The molecule has 0 aliphatic rings. The Morgan fingerprint density at radius 3 is 2.74 bits per heavy atom. The number of nitrogens with one attached hydrogen (secondary N) is 1. The number of benzene rings is 2. The van der Waals surface area contributed by atoms with Gasteiger partial charge in [-0.15, -0.1) is 0 Å². The molecule has 0 fully saturated rings. The van der Waals surface area contributed by atoms with E-state index in [2.05, 4.69) is 11.4 Å². The highest BCUT2D eigenvalue weighted by molar-refractivity contribution is 6.07. The van der Waals surface area contributed by atoms with Crippen LogP contribution in [-0.2, 0) is 0 Å². The molecule has 1 atom stereocenters. The van der Waals surface area contributed by atoms with Crippen molar-refractivity contribution in [3.05, 3.63) is 48.0 Å². The van der Waals surface area contributed by atoms with Gasteiger partial charge in [0, 0.05) is 11.6 Å². The SMILES string of the molecule is CCC(CC#N)NC(=O)c1cccc2ccccc12. The molecule has 2 aromatic carbocycles. The Morgan fingerprint density at radius 1 is 1.26 bits per heavy atom. The number of hydrogen-bond acceptors (Lipinski definition) is 2. The fourth-order valence-electron chi connectivity index (χ4n) is 2.09. The molecule has 0 aromatic heterocycles. The fourth-order valence-corrected chi connectivity index (χ4v) is 2.09. The van der Waals surface area contributed by atoms with Crippen molar-refractivity contribution < 1.29 is 4.79 Å². The lowest BCUT2D eigenvalue weighted by Gasteiger charge is -2.14. The number of nitrogens with zero attached hydrogens (tertiary/aromatic N) is 1. The summed E-state index contributed by atoms with van der Waals surface area (Å²) in [6.45, 7) is 1.96. The van der Waals surface area contributed by atoms with Crippen LogP contribution in [0.5, 0.6) is 0 Å². The van der Waals surface area contributed by atoms with E-state index in [1.807, 2.05) is 49.4 Å². The van der Waals surface area contributed by atoms with E-state index in [0.717, 1.165) is 17.2 Å². The van der Waals surface area contributed by atoms with E-state index in [4.69, 9.17) is 5.26 Å². The molecule has 0 spiro atoms. The van der Waals surface area contributed by atoms with E-state index in [1.165, 1.54) is 0 Å². The van der Waals surface area contributed by atoms with Crippen molar-refractivity contribution in [2.75, 3.05) is 0 Å². The van der Waals surface area contributed by atoms with Gasteiger partial charge in [0.1, 0.15) is 0 Å². The number of amides is 1. The van der Waals surface area contributed by atoms with Crippen molar-refractivity contribution in [3.63, 3.8) is 0 Å². The maximum Gasteiger partial charge on any atom is 0.252 e. The molecule has 0 bridgehead atoms. The molecule has 0 heterocycles. The highest BCUT2D eigenvalue weighted by atomic mass is 16.1. The molecule has 2 rings (SSSR count). The largest absolute Gasteiger partial charge is 0.348 e. The van der Waals surface area contributed by atoms with Crippen molar-refractivity contribution in [1.82, 2.24) is 5.32 Å². The molecule has 0 aliphatic heterocycles. The smallest absolute Gasteiger partial charge is 0.252 e. The van der Waals surface area contributed by atoms with E-state index in [9.17, 15) is 4.79 Å². The molecular formula is C16H16N2O. The molecule has 3 heteroatoms. The van der Waals surface area contributed by atoms with Gasteiger partial charge in [0.25, 0.3) is 5.91 Å². The average Bonchev–Trinajstić information content (AvgIpc) is 2.46. The monoisotopic (exact) mass is 252 g/mol. The summed E-state index contributed by atoms with van der Waals surface area (Å²) in [5.41, 5.74) is 0.662. The van der Waals surface area contributed by atoms with Gasteiger partial charge in [-0.3, -0.25) is 4.79 Å². The molecule has 0 saturated heterocycles. The van der Waals surface area contributed by atoms with E-state index in [-0.39, 0.29) is 11.9 Å². The Hall–Kier alpha value is -2.34. The third-order valence-electron chi connectivity index (χ3n) is 3.20. The summed E-state index contributed by atoms with van der Waals surface area (Å²) in [5.74, 6) is -0.112. The summed E-state index contributed by atoms with van der Waals surface area (Å²) in [4.78, 5) is 12.3. The van der Waals surface area contributed by atoms with Crippen LogP contribution in [-0.4, -0.2) is 11.9 Å². The first-order valence-electron chi connectivity index (χ1n) is 6.41. The van der Waals surface area contributed by atoms with Crippen LogP contribution in [0.3, 0.4) is 0 Å². The number of nitriles is 1. The summed E-state index contributed by atoms with van der Waals surface area (Å²) >= 11 is 0. The van der Waals surface area contributed by atoms with Gasteiger partial charge in [-0.1, -0.05) is 43.3 Å². The van der Waals surface area contributed by atoms with Crippen LogP contribution in [0.4, 0.5) is 0 Å². The maximum absolute atomic E-state index is 12.3. The Bertz CT molecular complexity index is 623. The van der Waals surface area contributed by atoms with Crippen LogP contribution >= 0.6 is 0 Å². The standard InChI is InChI=1S/C16H16N2O/c1-2-13(10-11-17)18-16(19)15-9-5-7-12-6-3-4-8-14(12)15/h3-9,13H,2,10H2,1H3,(H,18,19). The first-order valence-corrected chi connectivity index (χ1v) is 6.41. The van der Waals surface area contributed by atoms with Crippen LogP contribution in [0, 0.1) is 11.3 Å². The molecule has 0 saturated carbocycles. The Balaban J connectivity index is 2.29. The Labute approximate surface area is 112 Å². The minimum absolute atomic E-state index is 0.0866. The molecule has 0 radical (unpaired) electrons. The van der Waals surface area contributed by atoms with Crippen molar-refractivity contribution in [1.29, 1.82) is 5.26 Å². The highest BCUT2D eigenvalue weighted by Crippen LogP contribution is 2.18. The third kappa shape index (κ3) is 2.92. The zero-order chi connectivity index (χ0) is 13.7. The molecule has 2 aromatic rings. The van der Waals surface area contributed by atoms with Gasteiger partial charge >= 0.3 is 0 Å². The first kappa shape index (κ1) is 13.1. The topological polar surface area (TPSA) is 52.9 Å².